The average molecular weight is 300 g/mol. The maximum Gasteiger partial charge on any atom is 0.310 e. The van der Waals surface area contributed by atoms with E-state index in [0.717, 1.165) is 54.6 Å². The maximum absolute atomic E-state index is 12.1. The summed E-state index contributed by atoms with van der Waals surface area (Å²) in [5.74, 6) is 0.861. The van der Waals surface area contributed by atoms with Gasteiger partial charge in [0.2, 0.25) is 0 Å². The van der Waals surface area contributed by atoms with Crippen molar-refractivity contribution >= 4 is 16.9 Å². The number of aromatic amines is 1. The van der Waals surface area contributed by atoms with Crippen molar-refractivity contribution in [3.63, 3.8) is 0 Å². The molecule has 2 aliphatic rings. The fourth-order valence-electron chi connectivity index (χ4n) is 3.26. The molecule has 0 saturated heterocycles. The van der Waals surface area contributed by atoms with Crippen LogP contribution in [0.15, 0.2) is 18.2 Å². The van der Waals surface area contributed by atoms with E-state index in [1.54, 1.807) is 7.11 Å². The summed E-state index contributed by atoms with van der Waals surface area (Å²) in [6.45, 7) is 0.805. The Labute approximate surface area is 129 Å². The molecular formula is C17H20N2O3. The third kappa shape index (κ3) is 2.16. The van der Waals surface area contributed by atoms with E-state index < -0.39 is 0 Å². The van der Waals surface area contributed by atoms with E-state index in [0.29, 0.717) is 0 Å². The minimum atomic E-state index is -0.366. The van der Waals surface area contributed by atoms with Crippen LogP contribution in [-0.2, 0) is 16.0 Å². The first-order valence-corrected chi connectivity index (χ1v) is 7.88. The van der Waals surface area contributed by atoms with Gasteiger partial charge in [-0.1, -0.05) is 6.42 Å². The van der Waals surface area contributed by atoms with Crippen LogP contribution in [0.5, 0.6) is 5.75 Å². The second-order valence-corrected chi connectivity index (χ2v) is 6.08. The van der Waals surface area contributed by atoms with Crippen molar-refractivity contribution in [2.24, 2.45) is 5.92 Å². The van der Waals surface area contributed by atoms with Crippen LogP contribution in [0.4, 0.5) is 0 Å². The van der Waals surface area contributed by atoms with Crippen molar-refractivity contribution in [2.75, 3.05) is 13.7 Å². The molecule has 2 N–H and O–H groups in total. The molecule has 116 valence electrons. The molecule has 22 heavy (non-hydrogen) atoms. The van der Waals surface area contributed by atoms with Crippen molar-refractivity contribution in [3.8, 4) is 5.75 Å². The number of hydrogen-bond acceptors (Lipinski definition) is 4. The molecule has 1 saturated carbocycles. The van der Waals surface area contributed by atoms with Gasteiger partial charge in [0.1, 0.15) is 5.75 Å². The first-order valence-electron chi connectivity index (χ1n) is 7.88. The summed E-state index contributed by atoms with van der Waals surface area (Å²) < 4.78 is 11.0. The van der Waals surface area contributed by atoms with E-state index in [2.05, 4.69) is 10.3 Å². The van der Waals surface area contributed by atoms with Crippen LogP contribution in [0, 0.1) is 5.92 Å². The molecule has 5 nitrogen and oxygen atoms in total. The fourth-order valence-corrected chi connectivity index (χ4v) is 3.26. The number of esters is 1. The minimum Gasteiger partial charge on any atom is -0.497 e. The van der Waals surface area contributed by atoms with Crippen LogP contribution >= 0.6 is 0 Å². The zero-order valence-electron chi connectivity index (χ0n) is 12.6. The number of fused-ring (bicyclic) bond motifs is 3. The van der Waals surface area contributed by atoms with Gasteiger partial charge in [0.05, 0.1) is 18.7 Å². The summed E-state index contributed by atoms with van der Waals surface area (Å²) in [7, 11) is 1.67. The number of methoxy groups -OCH3 is 1. The van der Waals surface area contributed by atoms with Crippen molar-refractivity contribution in [3.05, 3.63) is 29.5 Å². The van der Waals surface area contributed by atoms with Gasteiger partial charge >= 0.3 is 5.97 Å². The van der Waals surface area contributed by atoms with Crippen molar-refractivity contribution in [1.29, 1.82) is 0 Å². The van der Waals surface area contributed by atoms with Crippen molar-refractivity contribution in [2.45, 2.75) is 31.9 Å². The number of nitrogens with one attached hydrogen (secondary N) is 2. The standard InChI is InChI=1S/C17H20N2O3/c1-21-11-5-6-14-13(9-11)12-7-8-18-16(15(12)19-14)22-17(20)10-3-2-4-10/h5-6,9-10,16,18-19H,2-4,7-8H2,1H3. The highest BCUT2D eigenvalue weighted by Crippen LogP contribution is 2.34. The molecule has 0 radical (unpaired) electrons. The van der Waals surface area contributed by atoms with Gasteiger partial charge in [-0.15, -0.1) is 0 Å². The number of rotatable bonds is 3. The second kappa shape index (κ2) is 5.32. The quantitative estimate of drug-likeness (QED) is 0.855. The maximum atomic E-state index is 12.1. The summed E-state index contributed by atoms with van der Waals surface area (Å²) in [6.07, 6.45) is 3.61. The highest BCUT2D eigenvalue weighted by Gasteiger charge is 2.32. The molecule has 1 unspecified atom stereocenters. The number of aromatic nitrogens is 1. The van der Waals surface area contributed by atoms with Gasteiger partial charge < -0.3 is 14.5 Å². The van der Waals surface area contributed by atoms with Gasteiger partial charge in [-0.05, 0) is 43.0 Å². The van der Waals surface area contributed by atoms with E-state index in [1.807, 2.05) is 18.2 Å². The Kier molecular flexibility index (Phi) is 3.30. The Bertz CT molecular complexity index is 718. The normalized spacial score (nSPS) is 21.2. The van der Waals surface area contributed by atoms with Gasteiger partial charge in [-0.2, -0.15) is 0 Å². The topological polar surface area (TPSA) is 63.4 Å². The molecule has 5 heteroatoms. The lowest BCUT2D eigenvalue weighted by Gasteiger charge is -2.29. The van der Waals surface area contributed by atoms with Crippen molar-refractivity contribution in [1.82, 2.24) is 10.3 Å². The van der Waals surface area contributed by atoms with E-state index in [9.17, 15) is 4.79 Å². The van der Waals surface area contributed by atoms with Crippen LogP contribution in [0.25, 0.3) is 10.9 Å². The van der Waals surface area contributed by atoms with Crippen LogP contribution in [0.2, 0.25) is 0 Å². The monoisotopic (exact) mass is 300 g/mol. The molecule has 0 amide bonds. The third-order valence-electron chi connectivity index (χ3n) is 4.79. The lowest BCUT2D eigenvalue weighted by Crippen LogP contribution is -2.35. The van der Waals surface area contributed by atoms with E-state index in [1.165, 1.54) is 5.56 Å². The molecule has 2 heterocycles. The Morgan fingerprint density at radius 1 is 1.32 bits per heavy atom. The molecule has 2 aromatic rings. The van der Waals surface area contributed by atoms with Crippen LogP contribution < -0.4 is 10.1 Å². The highest BCUT2D eigenvalue weighted by atomic mass is 16.6. The zero-order valence-corrected chi connectivity index (χ0v) is 12.6. The fraction of sp³-hybridized carbons (Fsp3) is 0.471. The lowest BCUT2D eigenvalue weighted by molar-refractivity contribution is -0.159. The predicted octanol–water partition coefficient (Wildman–Crippen LogP) is 2.66. The predicted molar refractivity (Wildman–Crippen MR) is 82.7 cm³/mol. The smallest absolute Gasteiger partial charge is 0.310 e. The Hall–Kier alpha value is -2.01. The number of ether oxygens (including phenoxy) is 2. The molecule has 0 spiro atoms. The molecule has 1 fully saturated rings. The number of benzene rings is 1. The zero-order chi connectivity index (χ0) is 15.1. The number of carbonyl (C=O) groups excluding carboxylic acids is 1. The van der Waals surface area contributed by atoms with Crippen molar-refractivity contribution < 1.29 is 14.3 Å². The third-order valence-corrected chi connectivity index (χ3v) is 4.79. The molecule has 4 rings (SSSR count). The van der Waals surface area contributed by atoms with Gasteiger partial charge in [0, 0.05) is 17.4 Å². The summed E-state index contributed by atoms with van der Waals surface area (Å²) in [6, 6.07) is 5.99. The molecule has 1 aromatic heterocycles. The number of carbonyl (C=O) groups is 1. The molecule has 1 aliphatic carbocycles. The Morgan fingerprint density at radius 3 is 2.91 bits per heavy atom. The summed E-state index contributed by atoms with van der Waals surface area (Å²) >= 11 is 0. The van der Waals surface area contributed by atoms with E-state index in [-0.39, 0.29) is 18.1 Å². The van der Waals surface area contributed by atoms with Crippen LogP contribution in [-0.4, -0.2) is 24.6 Å². The Balaban J connectivity index is 1.66. The van der Waals surface area contributed by atoms with Crippen LogP contribution in [0.1, 0.15) is 36.7 Å². The Morgan fingerprint density at radius 2 is 2.18 bits per heavy atom. The largest absolute Gasteiger partial charge is 0.497 e. The van der Waals surface area contributed by atoms with Crippen LogP contribution in [0.3, 0.4) is 0 Å². The van der Waals surface area contributed by atoms with Gasteiger partial charge in [0.25, 0.3) is 0 Å². The number of H-pyrrole nitrogens is 1. The SMILES string of the molecule is COc1ccc2[nH]c3c(c2c1)CCNC3OC(=O)C1CCC1. The summed E-state index contributed by atoms with van der Waals surface area (Å²) in [5, 5.41) is 4.45. The summed E-state index contributed by atoms with van der Waals surface area (Å²) in [4.78, 5) is 15.5. The van der Waals surface area contributed by atoms with E-state index >= 15 is 0 Å². The molecule has 1 aliphatic heterocycles. The average Bonchev–Trinajstić information content (AvgIpc) is 2.84. The summed E-state index contributed by atoms with van der Waals surface area (Å²) in [5.41, 5.74) is 3.25. The molecule has 0 bridgehead atoms. The van der Waals surface area contributed by atoms with E-state index in [4.69, 9.17) is 9.47 Å². The first-order chi connectivity index (χ1) is 10.8. The highest BCUT2D eigenvalue weighted by molar-refractivity contribution is 5.86. The van der Waals surface area contributed by atoms with Gasteiger partial charge in [0.15, 0.2) is 6.23 Å². The second-order valence-electron chi connectivity index (χ2n) is 6.08. The molecule has 1 atom stereocenters. The number of hydrogen-bond donors (Lipinski definition) is 2. The molecular weight excluding hydrogens is 280 g/mol. The minimum absolute atomic E-state index is 0.0761. The first kappa shape index (κ1) is 13.6. The van der Waals surface area contributed by atoms with Gasteiger partial charge in [-0.3, -0.25) is 10.1 Å². The lowest BCUT2D eigenvalue weighted by atomic mass is 9.86. The van der Waals surface area contributed by atoms with Gasteiger partial charge in [-0.25, -0.2) is 0 Å². The molecule has 1 aromatic carbocycles.